The van der Waals surface area contributed by atoms with Gasteiger partial charge in [-0.25, -0.2) is 10.9 Å². The second-order valence-corrected chi connectivity index (χ2v) is 32.8. The number of esters is 1. The summed E-state index contributed by atoms with van der Waals surface area (Å²) in [6.07, 6.45) is 6.01. The van der Waals surface area contributed by atoms with Gasteiger partial charge < -0.3 is 87.1 Å². The van der Waals surface area contributed by atoms with Crippen LogP contribution in [0.4, 0.5) is 17.1 Å². The van der Waals surface area contributed by atoms with E-state index >= 15 is 0 Å². The van der Waals surface area contributed by atoms with Gasteiger partial charge in [0.15, 0.2) is 11.7 Å². The Morgan fingerprint density at radius 2 is 0.850 bits per heavy atom. The summed E-state index contributed by atoms with van der Waals surface area (Å²) in [5, 5.41) is 34.8. The fraction of sp³-hybridized carbons (Fsp3) is 0.273. The van der Waals surface area contributed by atoms with E-state index in [1.165, 1.54) is 6.07 Å². The number of rotatable bonds is 27. The van der Waals surface area contributed by atoms with Crippen LogP contribution in [0, 0.1) is 5.53 Å². The number of hydrogen-bond acceptors (Lipinski definition) is 21. The molecule has 13 aromatic rings. The molecule has 28 heteroatoms. The number of ether oxygens (including phenoxy) is 9. The maximum absolute atomic E-state index is 13.4. The van der Waals surface area contributed by atoms with E-state index in [2.05, 4.69) is 93.2 Å². The van der Waals surface area contributed by atoms with Gasteiger partial charge in [0.1, 0.15) is 114 Å². The summed E-state index contributed by atoms with van der Waals surface area (Å²) in [4.78, 5) is 44.1. The van der Waals surface area contributed by atoms with Gasteiger partial charge in [-0.3, -0.25) is 14.4 Å². The molecule has 127 heavy (non-hydrogen) atoms. The fourth-order valence-corrected chi connectivity index (χ4v) is 14.9. The number of anilines is 3. The maximum Gasteiger partial charge on any atom is 0.326 e. The Morgan fingerprint density at radius 3 is 1.25 bits per heavy atom. The van der Waals surface area contributed by atoms with E-state index in [0.717, 1.165) is 117 Å². The molecule has 0 unspecified atom stereocenters. The number of thiocarbonyl (C=S) groups is 1. The molecular weight excluding hydrogens is 1630 g/mol. The lowest BCUT2D eigenvalue weighted by molar-refractivity contribution is -0.152. The molecule has 0 saturated heterocycles. The van der Waals surface area contributed by atoms with Gasteiger partial charge in [0.25, 0.3) is 11.8 Å². The molecule has 0 radical (unpaired) electrons. The monoisotopic (exact) mass is 1740 g/mol. The number of benzene rings is 10. The average molecular weight is 1740 g/mol. The SMILES string of the molecule is CC(C)c1cc(C2=NNC(=O)CN2c2ccc3c(ccn3C)c2)c(O)cc1O.COc1ccc(COc2cc(OCc3ccc(OC)cc3)c(C(C)C)cc2C(=S)N(CC(=O)OC(C)(C)C)c2ccc3c(ccn3C)c2)cc1.COc1ccc(COc2cc(OCc3ccc(OC)cc3)c(C(C)C)cc2C2=NNC(=O)CN2c2ccc3c(ccn3C)c2)cc1.N=NN.[HH]. The Bertz CT molecular complexity index is 6160. The molecule has 0 bridgehead atoms. The van der Waals surface area contributed by atoms with E-state index in [0.29, 0.717) is 70.4 Å². The van der Waals surface area contributed by atoms with Gasteiger partial charge in [0.05, 0.1) is 45.1 Å². The summed E-state index contributed by atoms with van der Waals surface area (Å²) < 4.78 is 59.2. The maximum atomic E-state index is 13.4. The minimum absolute atomic E-state index is 0. The molecule has 7 N–H and O–H groups in total. The summed E-state index contributed by atoms with van der Waals surface area (Å²) in [7, 11) is 12.6. The molecule has 3 aromatic heterocycles. The van der Waals surface area contributed by atoms with Crippen molar-refractivity contribution in [2.75, 3.05) is 62.8 Å². The highest BCUT2D eigenvalue weighted by Crippen LogP contribution is 2.42. The van der Waals surface area contributed by atoms with Gasteiger partial charge in [-0.15, -0.1) is 0 Å². The van der Waals surface area contributed by atoms with Crippen molar-refractivity contribution >= 4 is 96.4 Å². The minimum Gasteiger partial charge on any atom is -0.508 e. The van der Waals surface area contributed by atoms with Gasteiger partial charge in [0.2, 0.25) is 0 Å². The highest BCUT2D eigenvalue weighted by Gasteiger charge is 2.32. The normalized spacial score (nSPS) is 12.5. The van der Waals surface area contributed by atoms with Crippen LogP contribution < -0.4 is 69.3 Å². The number of aryl methyl sites for hydroxylation is 3. The molecule has 5 heterocycles. The Hall–Kier alpha value is -14.5. The molecule has 0 spiro atoms. The van der Waals surface area contributed by atoms with Gasteiger partial charge in [0, 0.05) is 109 Å². The van der Waals surface area contributed by atoms with Crippen LogP contribution in [0.1, 0.15) is 137 Å². The van der Waals surface area contributed by atoms with Crippen molar-refractivity contribution in [3.05, 3.63) is 280 Å². The number of nitrogens with zero attached hydrogens (tertiary/aromatic N) is 9. The summed E-state index contributed by atoms with van der Waals surface area (Å²) in [6, 6.07) is 66.4. The largest absolute Gasteiger partial charge is 0.508 e. The minimum atomic E-state index is -0.659. The van der Waals surface area contributed by atoms with Crippen LogP contribution in [-0.4, -0.2) is 112 Å². The molecule has 0 saturated carbocycles. The standard InChI is InChI=1S/C41H46N2O6S.C37H38N4O5.C21H22N4O3.H3N3.H2/c1-27(2)34-22-35(40(50)43(24-39(44)49-41(3,4)5)31-13-18-36-30(21-31)19-20-42(36)6)38(48-26-29-11-16-33(46-8)17-12-29)23-37(34)47-25-28-9-14-32(45-7)15-10-28;1-24(2)31-19-32(37-39-38-36(42)21-41(37)28-10-15-33-27(18-28)16-17-40(33)3)35(46-23-26-8-13-30(44-5)14-9-26)20-34(31)45-22-25-6-11-29(43-4)12-7-25;1-12(2)15-9-16(19(27)10-18(15)26)21-23-22-20(28)11-25(21)14-4-5-17-13(8-14)6-7-24(17)3;1-3-2;/h9-23,27H,24-26H2,1-8H3;6-20,24H,21-23H2,1-5H3,(H,38,42);4-10,12,26-27H,11H2,1-3H3,(H,22,28);(H3,1,2);1H. The number of fused-ring (bicyclic) bond motifs is 3. The van der Waals surface area contributed by atoms with Crippen molar-refractivity contribution < 1.29 is 68.7 Å². The number of phenolic OH excluding ortho intramolecular Hbond substituents is 2. The lowest BCUT2D eigenvalue weighted by Gasteiger charge is -2.30. The Morgan fingerprint density at radius 1 is 0.488 bits per heavy atom. The van der Waals surface area contributed by atoms with Crippen molar-refractivity contribution in [2.24, 2.45) is 42.4 Å². The molecular formula is C99H111N13O14S. The summed E-state index contributed by atoms with van der Waals surface area (Å²) in [6.45, 7) is 19.4. The highest BCUT2D eigenvalue weighted by molar-refractivity contribution is 7.81. The smallest absolute Gasteiger partial charge is 0.326 e. The third-order valence-corrected chi connectivity index (χ3v) is 21.8. The van der Waals surface area contributed by atoms with E-state index in [-0.39, 0.29) is 68.7 Å². The van der Waals surface area contributed by atoms with E-state index < -0.39 is 11.6 Å². The third-order valence-electron chi connectivity index (χ3n) is 21.3. The van der Waals surface area contributed by atoms with Gasteiger partial charge in [-0.2, -0.15) is 15.7 Å². The van der Waals surface area contributed by atoms with Gasteiger partial charge in [-0.05, 0) is 217 Å². The first-order valence-corrected chi connectivity index (χ1v) is 41.8. The van der Waals surface area contributed by atoms with Crippen LogP contribution in [0.25, 0.3) is 32.7 Å². The first-order valence-electron chi connectivity index (χ1n) is 41.4. The zero-order chi connectivity index (χ0) is 90.9. The number of carbonyl (C=O) groups is 3. The Labute approximate surface area is 746 Å². The first-order chi connectivity index (χ1) is 60.9. The van der Waals surface area contributed by atoms with Crippen LogP contribution in [-0.2, 0) is 66.7 Å². The summed E-state index contributed by atoms with van der Waals surface area (Å²) in [5.41, 5.74) is 24.3. The van der Waals surface area contributed by atoms with Crippen LogP contribution in [0.5, 0.6) is 57.5 Å². The van der Waals surface area contributed by atoms with Crippen molar-refractivity contribution in [1.29, 1.82) is 5.53 Å². The number of nitrogens with one attached hydrogen (secondary N) is 3. The quantitative estimate of drug-likeness (QED) is 0.00916. The molecule has 0 aliphatic carbocycles. The number of amides is 2. The predicted molar refractivity (Wildman–Crippen MR) is 503 cm³/mol. The Balaban J connectivity index is 0.000000189. The number of aromatic nitrogens is 3. The van der Waals surface area contributed by atoms with Crippen LogP contribution >= 0.6 is 12.2 Å². The summed E-state index contributed by atoms with van der Waals surface area (Å²) in [5.74, 6) is 10.2. The van der Waals surface area contributed by atoms with Crippen LogP contribution in [0.15, 0.2) is 240 Å². The molecule has 27 nitrogen and oxygen atoms in total. The van der Waals surface area contributed by atoms with Crippen molar-refractivity contribution in [3.63, 3.8) is 0 Å². The second kappa shape index (κ2) is 41.3. The van der Waals surface area contributed by atoms with E-state index in [9.17, 15) is 24.6 Å². The number of aromatic hydroxyl groups is 2. The molecule has 662 valence electrons. The first kappa shape index (κ1) is 91.7. The predicted octanol–water partition coefficient (Wildman–Crippen LogP) is 18.9. The highest BCUT2D eigenvalue weighted by atomic mass is 32.1. The molecule has 2 aliphatic heterocycles. The fourth-order valence-electron chi connectivity index (χ4n) is 14.6. The Kier molecular flexibility index (Phi) is 29.8. The van der Waals surface area contributed by atoms with Gasteiger partial charge in [-0.1, -0.05) is 108 Å². The molecule has 0 fully saturated rings. The number of carbonyl (C=O) groups excluding carboxylic acids is 3. The number of methoxy groups -OCH3 is 4. The molecule has 15 rings (SSSR count). The number of amidine groups is 2. The molecule has 10 aromatic carbocycles. The lowest BCUT2D eigenvalue weighted by atomic mass is 9.97. The van der Waals surface area contributed by atoms with Gasteiger partial charge >= 0.3 is 5.97 Å². The van der Waals surface area contributed by atoms with Crippen LogP contribution in [0.3, 0.4) is 0 Å². The second-order valence-electron chi connectivity index (χ2n) is 32.4. The van der Waals surface area contributed by atoms with Crippen molar-refractivity contribution in [3.8, 4) is 57.5 Å². The van der Waals surface area contributed by atoms with E-state index in [1.807, 2.05) is 259 Å². The third kappa shape index (κ3) is 22.7. The number of hydrazone groups is 2. The molecule has 2 amide bonds. The molecule has 0 atom stereocenters. The number of phenols is 2. The zero-order valence-corrected chi connectivity index (χ0v) is 75.2. The van der Waals surface area contributed by atoms with Crippen molar-refractivity contribution in [2.45, 2.75) is 112 Å². The van der Waals surface area contributed by atoms with E-state index in [4.69, 9.17) is 60.4 Å². The van der Waals surface area contributed by atoms with Crippen LogP contribution in [0.2, 0.25) is 0 Å². The zero-order valence-electron chi connectivity index (χ0n) is 74.3. The van der Waals surface area contributed by atoms with Crippen molar-refractivity contribution in [1.82, 2.24) is 24.6 Å². The molecule has 2 aliphatic rings. The average Bonchev–Trinajstić information content (AvgIpc) is 1.61. The lowest BCUT2D eigenvalue weighted by Crippen LogP contribution is -2.46. The topological polar surface area (TPSA) is 310 Å². The number of hydrogen-bond donors (Lipinski definition) is 6. The summed E-state index contributed by atoms with van der Waals surface area (Å²) >= 11 is 6.28. The van der Waals surface area contributed by atoms with E-state index in [1.54, 1.807) is 39.4 Å². The number of nitrogens with two attached hydrogens (primary N) is 1.